The molecule has 0 fully saturated rings. The summed E-state index contributed by atoms with van der Waals surface area (Å²) in [4.78, 5) is 8.17. The monoisotopic (exact) mass is 209 g/mol. The SMILES string of the molecule is NCc1cnc(-n2cc(Cl)cn2)nc1. The van der Waals surface area contributed by atoms with Gasteiger partial charge in [0.05, 0.1) is 17.4 Å². The van der Waals surface area contributed by atoms with Crippen LogP contribution in [-0.4, -0.2) is 19.7 Å². The number of hydrogen-bond donors (Lipinski definition) is 1. The van der Waals surface area contributed by atoms with Crippen LogP contribution in [0.2, 0.25) is 5.02 Å². The minimum atomic E-state index is 0.431. The zero-order chi connectivity index (χ0) is 9.97. The largest absolute Gasteiger partial charge is 0.326 e. The summed E-state index contributed by atoms with van der Waals surface area (Å²) in [7, 11) is 0. The van der Waals surface area contributed by atoms with Crippen LogP contribution in [0, 0.1) is 0 Å². The Bertz CT molecular complexity index is 422. The van der Waals surface area contributed by atoms with Gasteiger partial charge in [0.25, 0.3) is 0 Å². The van der Waals surface area contributed by atoms with Crippen molar-refractivity contribution in [3.8, 4) is 5.95 Å². The van der Waals surface area contributed by atoms with Gasteiger partial charge in [-0.15, -0.1) is 0 Å². The van der Waals surface area contributed by atoms with Crippen molar-refractivity contribution >= 4 is 11.6 Å². The van der Waals surface area contributed by atoms with Gasteiger partial charge in [0, 0.05) is 24.5 Å². The molecule has 2 heterocycles. The van der Waals surface area contributed by atoms with Crippen LogP contribution in [-0.2, 0) is 6.54 Å². The zero-order valence-corrected chi connectivity index (χ0v) is 8.02. The highest BCUT2D eigenvalue weighted by molar-refractivity contribution is 6.30. The van der Waals surface area contributed by atoms with Gasteiger partial charge in [-0.2, -0.15) is 5.10 Å². The molecule has 0 spiro atoms. The van der Waals surface area contributed by atoms with Gasteiger partial charge >= 0.3 is 0 Å². The molecule has 0 radical (unpaired) electrons. The van der Waals surface area contributed by atoms with E-state index in [1.54, 1.807) is 18.6 Å². The van der Waals surface area contributed by atoms with Gasteiger partial charge < -0.3 is 5.73 Å². The van der Waals surface area contributed by atoms with Crippen molar-refractivity contribution in [3.63, 3.8) is 0 Å². The molecule has 2 N–H and O–H groups in total. The molecule has 0 atom stereocenters. The van der Waals surface area contributed by atoms with Crippen LogP contribution in [0.5, 0.6) is 0 Å². The van der Waals surface area contributed by atoms with Crippen molar-refractivity contribution in [1.29, 1.82) is 0 Å². The van der Waals surface area contributed by atoms with Crippen molar-refractivity contribution in [2.75, 3.05) is 0 Å². The molecule has 2 rings (SSSR count). The van der Waals surface area contributed by atoms with E-state index >= 15 is 0 Å². The van der Waals surface area contributed by atoms with E-state index in [4.69, 9.17) is 17.3 Å². The fourth-order valence-electron chi connectivity index (χ4n) is 0.982. The summed E-state index contributed by atoms with van der Waals surface area (Å²) < 4.78 is 1.50. The predicted molar refractivity (Wildman–Crippen MR) is 52.1 cm³/mol. The zero-order valence-electron chi connectivity index (χ0n) is 7.26. The van der Waals surface area contributed by atoms with E-state index in [0.29, 0.717) is 17.5 Å². The number of nitrogens with zero attached hydrogens (tertiary/aromatic N) is 4. The number of nitrogens with two attached hydrogens (primary N) is 1. The lowest BCUT2D eigenvalue weighted by Crippen LogP contribution is -2.04. The van der Waals surface area contributed by atoms with Crippen molar-refractivity contribution in [2.24, 2.45) is 5.73 Å². The van der Waals surface area contributed by atoms with Crippen molar-refractivity contribution in [1.82, 2.24) is 19.7 Å². The molecule has 0 aliphatic carbocycles. The first-order chi connectivity index (χ1) is 6.79. The molecule has 0 unspecified atom stereocenters. The van der Waals surface area contributed by atoms with Gasteiger partial charge in [0.15, 0.2) is 0 Å². The predicted octanol–water partition coefficient (Wildman–Crippen LogP) is 0.774. The Morgan fingerprint density at radius 2 is 2.00 bits per heavy atom. The Labute approximate surface area is 85.5 Å². The second-order valence-electron chi connectivity index (χ2n) is 2.70. The van der Waals surface area contributed by atoms with Gasteiger partial charge in [-0.05, 0) is 0 Å². The second-order valence-corrected chi connectivity index (χ2v) is 3.13. The average Bonchev–Trinajstić information content (AvgIpc) is 2.65. The highest BCUT2D eigenvalue weighted by atomic mass is 35.5. The van der Waals surface area contributed by atoms with Crippen LogP contribution >= 0.6 is 11.6 Å². The molecule has 0 aliphatic heterocycles. The molecule has 5 nitrogen and oxygen atoms in total. The Hall–Kier alpha value is -1.46. The molecule has 0 saturated heterocycles. The molecular formula is C8H8ClN5. The lowest BCUT2D eigenvalue weighted by atomic mass is 10.3. The molecule has 0 aliphatic rings. The van der Waals surface area contributed by atoms with Crippen molar-refractivity contribution in [3.05, 3.63) is 35.4 Å². The average molecular weight is 210 g/mol. The topological polar surface area (TPSA) is 69.6 Å². The van der Waals surface area contributed by atoms with Gasteiger partial charge in [-0.3, -0.25) is 0 Å². The quantitative estimate of drug-likeness (QED) is 0.794. The smallest absolute Gasteiger partial charge is 0.250 e. The highest BCUT2D eigenvalue weighted by Crippen LogP contribution is 2.07. The van der Waals surface area contributed by atoms with Gasteiger partial charge in [0.2, 0.25) is 5.95 Å². The Kier molecular flexibility index (Phi) is 2.43. The van der Waals surface area contributed by atoms with Crippen LogP contribution in [0.3, 0.4) is 0 Å². The molecule has 2 aromatic rings. The molecule has 2 aromatic heterocycles. The molecule has 0 amide bonds. The standard InChI is InChI=1S/C8H8ClN5/c9-7-4-13-14(5-7)8-11-2-6(1-10)3-12-8/h2-5H,1,10H2. The van der Waals surface area contributed by atoms with Crippen molar-refractivity contribution < 1.29 is 0 Å². The lowest BCUT2D eigenvalue weighted by Gasteiger charge is -1.99. The number of hydrogen-bond acceptors (Lipinski definition) is 4. The van der Waals surface area contributed by atoms with E-state index in [-0.39, 0.29) is 0 Å². The van der Waals surface area contributed by atoms with E-state index in [1.165, 1.54) is 10.9 Å². The molecule has 0 saturated carbocycles. The Morgan fingerprint density at radius 1 is 1.29 bits per heavy atom. The minimum Gasteiger partial charge on any atom is -0.326 e. The molecule has 6 heteroatoms. The van der Waals surface area contributed by atoms with Crippen LogP contribution in [0.25, 0.3) is 5.95 Å². The fraction of sp³-hybridized carbons (Fsp3) is 0.125. The fourth-order valence-corrected chi connectivity index (χ4v) is 1.12. The van der Waals surface area contributed by atoms with E-state index in [0.717, 1.165) is 5.56 Å². The Balaban J connectivity index is 2.33. The van der Waals surface area contributed by atoms with Crippen molar-refractivity contribution in [2.45, 2.75) is 6.54 Å². The van der Waals surface area contributed by atoms with Crippen LogP contribution < -0.4 is 5.73 Å². The maximum absolute atomic E-state index is 5.71. The second kappa shape index (κ2) is 3.73. The molecule has 72 valence electrons. The first-order valence-electron chi connectivity index (χ1n) is 4.01. The van der Waals surface area contributed by atoms with Gasteiger partial charge in [-0.1, -0.05) is 11.6 Å². The summed E-state index contributed by atoms with van der Waals surface area (Å²) >= 11 is 5.71. The maximum Gasteiger partial charge on any atom is 0.250 e. The third-order valence-corrected chi connectivity index (χ3v) is 1.88. The van der Waals surface area contributed by atoms with Crippen LogP contribution in [0.15, 0.2) is 24.8 Å². The summed E-state index contributed by atoms with van der Waals surface area (Å²) in [6, 6.07) is 0. The number of rotatable bonds is 2. The molecule has 0 aromatic carbocycles. The summed E-state index contributed by atoms with van der Waals surface area (Å²) in [5.41, 5.74) is 6.30. The molecular weight excluding hydrogens is 202 g/mol. The third kappa shape index (κ3) is 1.73. The molecule has 14 heavy (non-hydrogen) atoms. The van der Waals surface area contributed by atoms with Crippen LogP contribution in [0.4, 0.5) is 0 Å². The minimum absolute atomic E-state index is 0.431. The van der Waals surface area contributed by atoms with Crippen LogP contribution in [0.1, 0.15) is 5.56 Å². The normalized spacial score (nSPS) is 10.4. The number of aromatic nitrogens is 4. The first kappa shape index (κ1) is 9.11. The lowest BCUT2D eigenvalue weighted by molar-refractivity contribution is 0.801. The highest BCUT2D eigenvalue weighted by Gasteiger charge is 2.01. The van der Waals surface area contributed by atoms with E-state index < -0.39 is 0 Å². The van der Waals surface area contributed by atoms with E-state index in [2.05, 4.69) is 15.1 Å². The molecule has 0 bridgehead atoms. The Morgan fingerprint density at radius 3 is 2.50 bits per heavy atom. The summed E-state index contributed by atoms with van der Waals surface area (Å²) in [6.45, 7) is 0.431. The first-order valence-corrected chi connectivity index (χ1v) is 4.39. The van der Waals surface area contributed by atoms with Gasteiger partial charge in [-0.25, -0.2) is 14.6 Å². The summed E-state index contributed by atoms with van der Waals surface area (Å²) in [6.07, 6.45) is 6.50. The number of halogens is 1. The summed E-state index contributed by atoms with van der Waals surface area (Å²) in [5.74, 6) is 0.481. The third-order valence-electron chi connectivity index (χ3n) is 1.68. The van der Waals surface area contributed by atoms with Gasteiger partial charge in [0.1, 0.15) is 0 Å². The summed E-state index contributed by atoms with van der Waals surface area (Å²) in [5, 5.41) is 4.52. The maximum atomic E-state index is 5.71. The van der Waals surface area contributed by atoms with E-state index in [1.807, 2.05) is 0 Å². The van der Waals surface area contributed by atoms with E-state index in [9.17, 15) is 0 Å².